The second kappa shape index (κ2) is 6.20. The van der Waals surface area contributed by atoms with Gasteiger partial charge in [0.15, 0.2) is 6.61 Å². The Hall–Kier alpha value is -2.48. The van der Waals surface area contributed by atoms with Crippen molar-refractivity contribution in [1.29, 1.82) is 0 Å². The monoisotopic (exact) mass is 348 g/mol. The summed E-state index contributed by atoms with van der Waals surface area (Å²) in [5.74, 6) is -0.994. The van der Waals surface area contributed by atoms with E-state index in [9.17, 15) is 19.7 Å². The Kier molecular flexibility index (Phi) is 4.23. The average Bonchev–Trinajstić information content (AvgIpc) is 3.14. The van der Waals surface area contributed by atoms with Gasteiger partial charge in [-0.1, -0.05) is 11.3 Å². The molecule has 0 radical (unpaired) electrons. The topological polar surface area (TPSA) is 91.4 Å². The van der Waals surface area contributed by atoms with Crippen LogP contribution in [-0.2, 0) is 4.74 Å². The number of carbonyl (C=O) groups is 2. The highest BCUT2D eigenvalue weighted by molar-refractivity contribution is 7.17. The number of ether oxygens (including phenoxy) is 1. The third-order valence-electron chi connectivity index (χ3n) is 4.00. The highest BCUT2D eigenvalue weighted by Gasteiger charge is 2.28. The molecule has 2 heterocycles. The molecular weight excluding hydrogens is 332 g/mol. The fraction of sp³-hybridized carbons (Fsp3) is 0.375. The van der Waals surface area contributed by atoms with Gasteiger partial charge in [-0.25, -0.2) is 4.79 Å². The molecule has 1 fully saturated rings. The van der Waals surface area contributed by atoms with Gasteiger partial charge in [-0.3, -0.25) is 14.9 Å². The molecule has 0 amide bonds. The highest BCUT2D eigenvalue weighted by atomic mass is 32.1. The first kappa shape index (κ1) is 16.4. The van der Waals surface area contributed by atoms with Gasteiger partial charge in [-0.2, -0.15) is 0 Å². The summed E-state index contributed by atoms with van der Waals surface area (Å²) in [6.45, 7) is 3.47. The quantitative estimate of drug-likeness (QED) is 0.345. The van der Waals surface area contributed by atoms with Crippen molar-refractivity contribution >= 4 is 28.1 Å². The summed E-state index contributed by atoms with van der Waals surface area (Å²) < 4.78 is 7.16. The van der Waals surface area contributed by atoms with Crippen LogP contribution in [0.4, 0.5) is 5.00 Å². The van der Waals surface area contributed by atoms with Crippen LogP contribution in [0.15, 0.2) is 18.2 Å². The van der Waals surface area contributed by atoms with Gasteiger partial charge in [-0.05, 0) is 38.8 Å². The van der Waals surface area contributed by atoms with E-state index in [4.69, 9.17) is 4.74 Å². The number of hydrogen-bond acceptors (Lipinski definition) is 6. The number of thiophene rings is 1. The minimum Gasteiger partial charge on any atom is -0.453 e. The standard InChI is InChI=1S/C16H16N2O5S/c1-9-7-12(10(2)17(9)11-3-4-11)13(19)8-23-16(20)14-5-6-15(24-14)18(21)22/h5-7,11H,3-4,8H2,1-2H3. The van der Waals surface area contributed by atoms with Gasteiger partial charge in [0.05, 0.1) is 4.92 Å². The molecule has 0 saturated heterocycles. The molecule has 0 unspecified atom stereocenters. The number of aromatic nitrogens is 1. The van der Waals surface area contributed by atoms with Gasteiger partial charge in [0.25, 0.3) is 0 Å². The molecule has 24 heavy (non-hydrogen) atoms. The lowest BCUT2D eigenvalue weighted by Crippen LogP contribution is -2.14. The number of rotatable bonds is 6. The third kappa shape index (κ3) is 3.09. The zero-order chi connectivity index (χ0) is 17.4. The molecule has 126 valence electrons. The summed E-state index contributed by atoms with van der Waals surface area (Å²) >= 11 is 0.729. The summed E-state index contributed by atoms with van der Waals surface area (Å²) in [6.07, 6.45) is 2.24. The molecule has 0 aromatic carbocycles. The predicted molar refractivity (Wildman–Crippen MR) is 87.8 cm³/mol. The van der Waals surface area contributed by atoms with E-state index in [1.165, 1.54) is 12.1 Å². The van der Waals surface area contributed by atoms with Crippen LogP contribution in [0.5, 0.6) is 0 Å². The van der Waals surface area contributed by atoms with Crippen molar-refractivity contribution in [3.8, 4) is 0 Å². The largest absolute Gasteiger partial charge is 0.453 e. The normalized spacial score (nSPS) is 13.8. The zero-order valence-electron chi connectivity index (χ0n) is 13.3. The van der Waals surface area contributed by atoms with Gasteiger partial charge >= 0.3 is 11.0 Å². The fourth-order valence-electron chi connectivity index (χ4n) is 2.77. The van der Waals surface area contributed by atoms with Gasteiger partial charge in [0.1, 0.15) is 4.88 Å². The van der Waals surface area contributed by atoms with Gasteiger partial charge in [-0.15, -0.1) is 0 Å². The lowest BCUT2D eigenvalue weighted by Gasteiger charge is -2.07. The van der Waals surface area contributed by atoms with Gasteiger partial charge in [0.2, 0.25) is 5.78 Å². The Morgan fingerprint density at radius 3 is 2.67 bits per heavy atom. The van der Waals surface area contributed by atoms with Crippen LogP contribution < -0.4 is 0 Å². The van der Waals surface area contributed by atoms with E-state index in [-0.39, 0.29) is 22.3 Å². The number of esters is 1. The number of aryl methyl sites for hydroxylation is 1. The second-order valence-corrected chi connectivity index (χ2v) is 6.84. The van der Waals surface area contributed by atoms with Gasteiger partial charge < -0.3 is 9.30 Å². The first-order chi connectivity index (χ1) is 11.4. The van der Waals surface area contributed by atoms with E-state index in [1.807, 2.05) is 19.9 Å². The lowest BCUT2D eigenvalue weighted by atomic mass is 10.1. The van der Waals surface area contributed by atoms with Crippen LogP contribution in [-0.4, -0.2) is 27.8 Å². The molecule has 0 N–H and O–H groups in total. The molecular formula is C16H16N2O5S. The molecule has 2 aromatic heterocycles. The van der Waals surface area contributed by atoms with Crippen LogP contribution in [0.3, 0.4) is 0 Å². The molecule has 0 spiro atoms. The first-order valence-corrected chi connectivity index (χ1v) is 8.33. The predicted octanol–water partition coefficient (Wildman–Crippen LogP) is 3.45. The molecule has 8 heteroatoms. The fourth-order valence-corrected chi connectivity index (χ4v) is 3.48. The SMILES string of the molecule is Cc1cc(C(=O)COC(=O)c2ccc([N+](=O)[O-])s2)c(C)n1C1CC1. The van der Waals surface area contributed by atoms with E-state index in [0.717, 1.165) is 35.6 Å². The molecule has 1 aliphatic carbocycles. The zero-order valence-corrected chi connectivity index (χ0v) is 14.1. The van der Waals surface area contributed by atoms with E-state index >= 15 is 0 Å². The minimum absolute atomic E-state index is 0.109. The molecule has 0 atom stereocenters. The minimum atomic E-state index is -0.725. The maximum atomic E-state index is 12.3. The number of ketones is 1. The molecule has 1 saturated carbocycles. The van der Waals surface area contributed by atoms with Crippen LogP contribution in [0, 0.1) is 24.0 Å². The lowest BCUT2D eigenvalue weighted by molar-refractivity contribution is -0.380. The van der Waals surface area contributed by atoms with E-state index in [0.29, 0.717) is 11.6 Å². The van der Waals surface area contributed by atoms with Crippen LogP contribution in [0.1, 0.15) is 50.3 Å². The third-order valence-corrected chi connectivity index (χ3v) is 5.02. The Morgan fingerprint density at radius 2 is 2.08 bits per heavy atom. The molecule has 0 aliphatic heterocycles. The van der Waals surface area contributed by atoms with Crippen LogP contribution in [0.25, 0.3) is 0 Å². The van der Waals surface area contributed by atoms with Crippen molar-refractivity contribution in [1.82, 2.24) is 4.57 Å². The first-order valence-electron chi connectivity index (χ1n) is 7.51. The van der Waals surface area contributed by atoms with E-state index < -0.39 is 10.9 Å². The molecule has 3 rings (SSSR count). The number of carbonyl (C=O) groups excluding carboxylic acids is 2. The molecule has 2 aromatic rings. The Bertz CT molecular complexity index is 832. The van der Waals surface area contributed by atoms with Crippen molar-refractivity contribution in [2.24, 2.45) is 0 Å². The van der Waals surface area contributed by atoms with Crippen molar-refractivity contribution in [3.05, 3.63) is 50.1 Å². The van der Waals surface area contributed by atoms with E-state index in [2.05, 4.69) is 4.57 Å². The number of nitro groups is 1. The number of hydrogen-bond donors (Lipinski definition) is 0. The number of Topliss-reactive ketones (excluding diaryl/α,β-unsaturated/α-hetero) is 1. The van der Waals surface area contributed by atoms with Crippen molar-refractivity contribution in [2.75, 3.05) is 6.61 Å². The second-order valence-electron chi connectivity index (χ2n) is 5.78. The smallest absolute Gasteiger partial charge is 0.349 e. The summed E-state index contributed by atoms with van der Waals surface area (Å²) in [7, 11) is 0. The van der Waals surface area contributed by atoms with Crippen molar-refractivity contribution < 1.29 is 19.2 Å². The summed E-state index contributed by atoms with van der Waals surface area (Å²) in [6, 6.07) is 4.86. The summed E-state index contributed by atoms with van der Waals surface area (Å²) in [4.78, 5) is 34.4. The summed E-state index contributed by atoms with van der Waals surface area (Å²) in [5.41, 5.74) is 2.48. The molecule has 1 aliphatic rings. The Labute approximate surface area is 142 Å². The average molecular weight is 348 g/mol. The van der Waals surface area contributed by atoms with Crippen LogP contribution in [0.2, 0.25) is 0 Å². The number of nitrogens with zero attached hydrogens (tertiary/aromatic N) is 2. The molecule has 0 bridgehead atoms. The van der Waals surface area contributed by atoms with Crippen molar-refractivity contribution in [2.45, 2.75) is 32.7 Å². The molecule has 7 nitrogen and oxygen atoms in total. The Morgan fingerprint density at radius 1 is 1.38 bits per heavy atom. The van der Waals surface area contributed by atoms with Gasteiger partial charge in [0, 0.05) is 29.1 Å². The highest BCUT2D eigenvalue weighted by Crippen LogP contribution is 2.38. The summed E-state index contributed by atoms with van der Waals surface area (Å²) in [5, 5.41) is 10.5. The van der Waals surface area contributed by atoms with Crippen LogP contribution >= 0.6 is 11.3 Å². The van der Waals surface area contributed by atoms with Crippen molar-refractivity contribution in [3.63, 3.8) is 0 Å². The van der Waals surface area contributed by atoms with E-state index in [1.54, 1.807) is 0 Å². The Balaban J connectivity index is 1.66. The maximum Gasteiger partial charge on any atom is 0.349 e. The maximum absolute atomic E-state index is 12.3.